The minimum absolute atomic E-state index is 0.469. The van der Waals surface area contributed by atoms with Crippen molar-refractivity contribution >= 4 is 0 Å². The van der Waals surface area contributed by atoms with Crippen LogP contribution in [0.15, 0.2) is 36.9 Å². The predicted octanol–water partition coefficient (Wildman–Crippen LogP) is 8.17. The first-order valence-electron chi connectivity index (χ1n) is 13.3. The second kappa shape index (κ2) is 15.4. The van der Waals surface area contributed by atoms with Crippen LogP contribution in [0.3, 0.4) is 0 Å². The highest BCUT2D eigenvalue weighted by molar-refractivity contribution is 5.26. The third-order valence-electron chi connectivity index (χ3n) is 5.94. The van der Waals surface area contributed by atoms with Gasteiger partial charge >= 0.3 is 0 Å². The van der Waals surface area contributed by atoms with Crippen molar-refractivity contribution in [1.29, 1.82) is 0 Å². The summed E-state index contributed by atoms with van der Waals surface area (Å²) >= 11 is 0. The van der Waals surface area contributed by atoms with Crippen LogP contribution in [-0.2, 0) is 0 Å². The second-order valence-corrected chi connectivity index (χ2v) is 11.1. The Bertz CT molecular complexity index is 812. The average molecular weight is 493 g/mol. The first-order chi connectivity index (χ1) is 16.9. The Morgan fingerprint density at radius 1 is 0.389 bits per heavy atom. The van der Waals surface area contributed by atoms with Gasteiger partial charge in [0.1, 0.15) is 0 Å². The lowest BCUT2D eigenvalue weighted by molar-refractivity contribution is 0.729. The van der Waals surface area contributed by atoms with Gasteiger partial charge in [-0.25, -0.2) is 0 Å². The summed E-state index contributed by atoms with van der Waals surface area (Å²) in [6.45, 7) is 26.1. The molecule has 0 aliphatic carbocycles. The molecule has 6 nitrogen and oxygen atoms in total. The van der Waals surface area contributed by atoms with Gasteiger partial charge in [-0.2, -0.15) is 30.6 Å². The first kappa shape index (κ1) is 31.3. The van der Waals surface area contributed by atoms with Crippen molar-refractivity contribution in [2.45, 2.75) is 119 Å². The third kappa shape index (κ3) is 9.71. The van der Waals surface area contributed by atoms with Gasteiger partial charge < -0.3 is 0 Å². The molecule has 3 aromatic rings. The number of nitrogens with zero attached hydrogens (tertiary/aromatic N) is 6. The highest BCUT2D eigenvalue weighted by atomic mass is 15.1. The normalized spacial score (nSPS) is 11.2. The van der Waals surface area contributed by atoms with Crippen LogP contribution >= 0.6 is 0 Å². The lowest BCUT2D eigenvalue weighted by atomic mass is 9.94. The van der Waals surface area contributed by atoms with E-state index in [-0.39, 0.29) is 0 Å². The molecule has 0 aliphatic rings. The van der Waals surface area contributed by atoms with Gasteiger partial charge in [-0.1, -0.05) is 83.1 Å². The molecular formula is C30H48N6. The largest absolute Gasteiger partial charge is 0.159 e. The summed E-state index contributed by atoms with van der Waals surface area (Å²) in [7, 11) is 0. The molecule has 0 atom stereocenters. The zero-order chi connectivity index (χ0) is 27.4. The van der Waals surface area contributed by atoms with Crippen LogP contribution in [0.5, 0.6) is 0 Å². The first-order valence-corrected chi connectivity index (χ1v) is 13.3. The second-order valence-electron chi connectivity index (χ2n) is 11.1. The monoisotopic (exact) mass is 492 g/mol. The van der Waals surface area contributed by atoms with E-state index in [1.54, 1.807) is 12.4 Å². The summed E-state index contributed by atoms with van der Waals surface area (Å²) < 4.78 is 0. The quantitative estimate of drug-likeness (QED) is 0.345. The zero-order valence-electron chi connectivity index (χ0n) is 24.6. The number of rotatable bonds is 6. The molecule has 6 heteroatoms. The van der Waals surface area contributed by atoms with Crippen LogP contribution in [0.4, 0.5) is 0 Å². The van der Waals surface area contributed by atoms with Gasteiger partial charge in [0.25, 0.3) is 0 Å². The Morgan fingerprint density at radius 2 is 0.694 bits per heavy atom. The van der Waals surface area contributed by atoms with Gasteiger partial charge in [0, 0.05) is 12.4 Å². The van der Waals surface area contributed by atoms with Crippen LogP contribution in [0, 0.1) is 0 Å². The molecule has 0 radical (unpaired) electrons. The van der Waals surface area contributed by atoms with E-state index in [1.165, 1.54) is 22.3 Å². The van der Waals surface area contributed by atoms with Crippen molar-refractivity contribution in [1.82, 2.24) is 30.6 Å². The maximum absolute atomic E-state index is 4.15. The summed E-state index contributed by atoms with van der Waals surface area (Å²) in [6.07, 6.45) is 7.28. The van der Waals surface area contributed by atoms with Gasteiger partial charge in [-0.3, -0.25) is 0 Å². The third-order valence-corrected chi connectivity index (χ3v) is 5.94. The van der Waals surface area contributed by atoms with E-state index in [2.05, 4.69) is 126 Å². The highest BCUT2D eigenvalue weighted by Gasteiger charge is 2.12. The standard InChI is InChI=1S/3C10H16N2/c1-7(2)9-5-11-12-6-10(9)8(3)4;2*1-7(2)9-5-6-11-12-10(9)8(3)4/h3*5-8H,1-4H3. The van der Waals surface area contributed by atoms with Gasteiger partial charge in [0.15, 0.2) is 0 Å². The van der Waals surface area contributed by atoms with Crippen molar-refractivity contribution in [3.63, 3.8) is 0 Å². The average Bonchev–Trinajstić information content (AvgIpc) is 2.84. The summed E-state index contributed by atoms with van der Waals surface area (Å²) in [4.78, 5) is 0. The van der Waals surface area contributed by atoms with E-state index in [4.69, 9.17) is 0 Å². The Balaban J connectivity index is 0.000000270. The summed E-state index contributed by atoms with van der Waals surface area (Å²) in [5.74, 6) is 3.10. The van der Waals surface area contributed by atoms with Crippen LogP contribution in [0.1, 0.15) is 152 Å². The molecule has 0 saturated carbocycles. The fraction of sp³-hybridized carbons (Fsp3) is 0.600. The molecule has 3 rings (SSSR count). The molecule has 0 unspecified atom stereocenters. The fourth-order valence-corrected chi connectivity index (χ4v) is 3.88. The molecular weight excluding hydrogens is 444 g/mol. The van der Waals surface area contributed by atoms with Crippen LogP contribution in [-0.4, -0.2) is 30.6 Å². The van der Waals surface area contributed by atoms with Crippen molar-refractivity contribution in [2.24, 2.45) is 0 Å². The lowest BCUT2D eigenvalue weighted by Crippen LogP contribution is -2.02. The summed E-state index contributed by atoms with van der Waals surface area (Å²) in [5.41, 5.74) is 7.54. The molecule has 0 N–H and O–H groups in total. The lowest BCUT2D eigenvalue weighted by Gasteiger charge is -2.13. The molecule has 198 valence electrons. The van der Waals surface area contributed by atoms with Gasteiger partial charge in [-0.05, 0) is 69.9 Å². The van der Waals surface area contributed by atoms with Crippen molar-refractivity contribution in [3.8, 4) is 0 Å². The Morgan fingerprint density at radius 3 is 0.917 bits per heavy atom. The Kier molecular flexibility index (Phi) is 13.4. The van der Waals surface area contributed by atoms with Crippen LogP contribution in [0.2, 0.25) is 0 Å². The molecule has 36 heavy (non-hydrogen) atoms. The zero-order valence-corrected chi connectivity index (χ0v) is 24.6. The van der Waals surface area contributed by atoms with E-state index < -0.39 is 0 Å². The van der Waals surface area contributed by atoms with E-state index in [0.717, 1.165) is 11.4 Å². The highest BCUT2D eigenvalue weighted by Crippen LogP contribution is 2.24. The van der Waals surface area contributed by atoms with Crippen molar-refractivity contribution in [2.75, 3.05) is 0 Å². The fourth-order valence-electron chi connectivity index (χ4n) is 3.88. The Labute approximate surface area is 219 Å². The van der Waals surface area contributed by atoms with Gasteiger partial charge in [-0.15, -0.1) is 0 Å². The number of hydrogen-bond acceptors (Lipinski definition) is 6. The maximum atomic E-state index is 4.15. The number of hydrogen-bond donors (Lipinski definition) is 0. The molecule has 3 heterocycles. The number of aromatic nitrogens is 6. The topological polar surface area (TPSA) is 77.3 Å². The van der Waals surface area contributed by atoms with Gasteiger partial charge in [0.2, 0.25) is 0 Å². The van der Waals surface area contributed by atoms with Crippen LogP contribution in [0.25, 0.3) is 0 Å². The summed E-state index contributed by atoms with van der Waals surface area (Å²) in [6, 6.07) is 4.12. The SMILES string of the molecule is CC(C)c1ccnnc1C(C)C.CC(C)c1ccnnc1C(C)C.CC(C)c1cnncc1C(C)C. The van der Waals surface area contributed by atoms with Crippen LogP contribution < -0.4 is 0 Å². The van der Waals surface area contributed by atoms with Gasteiger partial charge in [0.05, 0.1) is 23.8 Å². The predicted molar refractivity (Wildman–Crippen MR) is 151 cm³/mol. The minimum Gasteiger partial charge on any atom is -0.159 e. The van der Waals surface area contributed by atoms with Crippen molar-refractivity contribution in [3.05, 3.63) is 70.6 Å². The molecule has 0 fully saturated rings. The molecule has 0 spiro atoms. The smallest absolute Gasteiger partial charge is 0.0690 e. The molecule has 0 amide bonds. The molecule has 0 bridgehead atoms. The minimum atomic E-state index is 0.469. The van der Waals surface area contributed by atoms with E-state index >= 15 is 0 Å². The van der Waals surface area contributed by atoms with E-state index in [0.29, 0.717) is 35.5 Å². The Hall–Kier alpha value is -2.76. The molecule has 0 saturated heterocycles. The maximum Gasteiger partial charge on any atom is 0.0690 e. The molecule has 3 aromatic heterocycles. The summed E-state index contributed by atoms with van der Waals surface area (Å²) in [5, 5.41) is 23.9. The van der Waals surface area contributed by atoms with Crippen molar-refractivity contribution < 1.29 is 0 Å². The van der Waals surface area contributed by atoms with E-state index in [9.17, 15) is 0 Å². The molecule has 0 aliphatic heterocycles. The molecule has 0 aromatic carbocycles. The van der Waals surface area contributed by atoms with E-state index in [1.807, 2.05) is 12.4 Å².